The molecule has 0 unspecified atom stereocenters. The molecule has 4 N–H and O–H groups in total. The summed E-state index contributed by atoms with van der Waals surface area (Å²) in [4.78, 5) is 9.93. The molecule has 5 heteroatoms. The number of hydrogen-bond acceptors (Lipinski definition) is 4. The molecular weight excluding hydrogens is 159 g/mol. The Morgan fingerprint density at radius 1 is 1.60 bits per heavy atom. The molecule has 4 nitrogen and oxygen atoms in total. The van der Waals surface area contributed by atoms with E-state index >= 15 is 0 Å². The topological polar surface area (TPSA) is 92.2 Å². The predicted molar refractivity (Wildman–Crippen MR) is 31.3 cm³/mol. The van der Waals surface area contributed by atoms with E-state index < -0.39 is 12.0 Å². The molecule has 0 spiro atoms. The van der Waals surface area contributed by atoms with Crippen LogP contribution in [0.3, 0.4) is 0 Å². The molecule has 0 fully saturated rings. The molecule has 0 radical (unpaired) electrons. The standard InChI is InChI=1S/C5H12N2O2.K/c6-3-1-2-4(7)5(8)9;/h4H,1-3,6-7H2,(H,8,9);/q;+1/p-1/t4-;/m0./s1. The predicted octanol–water partition coefficient (Wildman–Crippen LogP) is -5.19. The molecule has 0 rings (SSSR count). The van der Waals surface area contributed by atoms with Gasteiger partial charge in [0.2, 0.25) is 0 Å². The van der Waals surface area contributed by atoms with Crippen molar-refractivity contribution in [2.24, 2.45) is 11.5 Å². The van der Waals surface area contributed by atoms with Gasteiger partial charge in [0, 0.05) is 6.04 Å². The monoisotopic (exact) mass is 170 g/mol. The van der Waals surface area contributed by atoms with Crippen molar-refractivity contribution in [1.29, 1.82) is 0 Å². The van der Waals surface area contributed by atoms with Crippen molar-refractivity contribution in [2.45, 2.75) is 18.9 Å². The summed E-state index contributed by atoms with van der Waals surface area (Å²) < 4.78 is 0. The van der Waals surface area contributed by atoms with E-state index in [1.165, 1.54) is 0 Å². The van der Waals surface area contributed by atoms with E-state index in [9.17, 15) is 9.90 Å². The van der Waals surface area contributed by atoms with E-state index in [1.807, 2.05) is 0 Å². The Hall–Kier alpha value is 1.03. The van der Waals surface area contributed by atoms with Crippen molar-refractivity contribution < 1.29 is 61.3 Å². The first-order chi connectivity index (χ1) is 4.18. The minimum atomic E-state index is -1.21. The second kappa shape index (κ2) is 8.13. The van der Waals surface area contributed by atoms with Gasteiger partial charge in [-0.25, -0.2) is 0 Å². The normalized spacial score (nSPS) is 11.8. The van der Waals surface area contributed by atoms with Crippen molar-refractivity contribution in [1.82, 2.24) is 0 Å². The Balaban J connectivity index is 0. The van der Waals surface area contributed by atoms with Crippen LogP contribution in [0.15, 0.2) is 0 Å². The molecule has 0 saturated carbocycles. The summed E-state index contributed by atoms with van der Waals surface area (Å²) in [5.41, 5.74) is 10.2. The maximum Gasteiger partial charge on any atom is 1.00 e. The second-order valence-corrected chi connectivity index (χ2v) is 1.86. The van der Waals surface area contributed by atoms with Crippen molar-refractivity contribution in [3.05, 3.63) is 0 Å². The molecule has 0 heterocycles. The van der Waals surface area contributed by atoms with E-state index in [0.29, 0.717) is 19.4 Å². The first-order valence-electron chi connectivity index (χ1n) is 2.85. The van der Waals surface area contributed by atoms with Crippen LogP contribution in [-0.2, 0) is 4.79 Å². The van der Waals surface area contributed by atoms with Crippen molar-refractivity contribution in [3.8, 4) is 0 Å². The molecule has 54 valence electrons. The number of carboxylic acid groups (broad SMARTS) is 1. The fourth-order valence-electron chi connectivity index (χ4n) is 0.456. The third kappa shape index (κ3) is 7.14. The Kier molecular flexibility index (Phi) is 11.1. The van der Waals surface area contributed by atoms with E-state index in [0.717, 1.165) is 0 Å². The second-order valence-electron chi connectivity index (χ2n) is 1.86. The van der Waals surface area contributed by atoms with Gasteiger partial charge >= 0.3 is 51.4 Å². The zero-order valence-electron chi connectivity index (χ0n) is 6.17. The third-order valence-electron chi connectivity index (χ3n) is 1.02. The largest absolute Gasteiger partial charge is 1.00 e. The van der Waals surface area contributed by atoms with Gasteiger partial charge in [-0.05, 0) is 19.4 Å². The molecular formula is C5H11KN2O2. The molecule has 0 aliphatic rings. The summed E-state index contributed by atoms with van der Waals surface area (Å²) in [7, 11) is 0. The number of carboxylic acids is 1. The van der Waals surface area contributed by atoms with Crippen LogP contribution < -0.4 is 68.0 Å². The minimum absolute atomic E-state index is 0. The van der Waals surface area contributed by atoms with Gasteiger partial charge in [0.05, 0.1) is 5.97 Å². The number of nitrogens with two attached hydrogens (primary N) is 2. The van der Waals surface area contributed by atoms with E-state index in [4.69, 9.17) is 11.5 Å². The molecule has 0 amide bonds. The van der Waals surface area contributed by atoms with Crippen molar-refractivity contribution in [3.63, 3.8) is 0 Å². The van der Waals surface area contributed by atoms with Crippen LogP contribution in [0.2, 0.25) is 0 Å². The summed E-state index contributed by atoms with van der Waals surface area (Å²) in [5, 5.41) is 9.93. The first-order valence-corrected chi connectivity index (χ1v) is 2.85. The first kappa shape index (κ1) is 13.6. The zero-order chi connectivity index (χ0) is 7.28. The molecule has 0 saturated heterocycles. The van der Waals surface area contributed by atoms with E-state index in [-0.39, 0.29) is 51.4 Å². The van der Waals surface area contributed by atoms with Crippen molar-refractivity contribution in [2.75, 3.05) is 6.54 Å². The smallest absolute Gasteiger partial charge is 0.548 e. The Bertz CT molecular complexity index is 99.6. The summed E-state index contributed by atoms with van der Waals surface area (Å²) in [5.74, 6) is -1.21. The Labute approximate surface area is 103 Å². The number of hydrogen-bond donors (Lipinski definition) is 2. The number of carbonyl (C=O) groups excluding carboxylic acids is 1. The molecule has 10 heavy (non-hydrogen) atoms. The van der Waals surface area contributed by atoms with Crippen LogP contribution >= 0.6 is 0 Å². The maximum absolute atomic E-state index is 9.93. The van der Waals surface area contributed by atoms with Gasteiger partial charge in [0.15, 0.2) is 0 Å². The van der Waals surface area contributed by atoms with Crippen LogP contribution in [0.25, 0.3) is 0 Å². The van der Waals surface area contributed by atoms with Gasteiger partial charge < -0.3 is 21.4 Å². The fraction of sp³-hybridized carbons (Fsp3) is 0.800. The van der Waals surface area contributed by atoms with Gasteiger partial charge in [0.25, 0.3) is 0 Å². The van der Waals surface area contributed by atoms with Crippen molar-refractivity contribution >= 4 is 5.97 Å². The summed E-state index contributed by atoms with van der Waals surface area (Å²) >= 11 is 0. The summed E-state index contributed by atoms with van der Waals surface area (Å²) in [6.45, 7) is 0.473. The fourth-order valence-corrected chi connectivity index (χ4v) is 0.456. The van der Waals surface area contributed by atoms with Gasteiger partial charge in [-0.2, -0.15) is 0 Å². The number of carbonyl (C=O) groups is 1. The van der Waals surface area contributed by atoms with E-state index in [1.54, 1.807) is 0 Å². The molecule has 1 atom stereocenters. The average molecular weight is 170 g/mol. The van der Waals surface area contributed by atoms with Crippen LogP contribution in [0, 0.1) is 0 Å². The third-order valence-corrected chi connectivity index (χ3v) is 1.02. The van der Waals surface area contributed by atoms with Gasteiger partial charge in [-0.3, -0.25) is 0 Å². The van der Waals surface area contributed by atoms with Gasteiger partial charge in [-0.15, -0.1) is 0 Å². The van der Waals surface area contributed by atoms with Crippen LogP contribution in [-0.4, -0.2) is 18.6 Å². The minimum Gasteiger partial charge on any atom is -0.548 e. The molecule has 0 aliphatic heterocycles. The van der Waals surface area contributed by atoms with Gasteiger partial charge in [0.1, 0.15) is 0 Å². The molecule has 0 aromatic carbocycles. The molecule has 0 bridgehead atoms. The maximum atomic E-state index is 9.93. The summed E-state index contributed by atoms with van der Waals surface area (Å²) in [6, 6.07) is -0.853. The van der Waals surface area contributed by atoms with Crippen LogP contribution in [0.5, 0.6) is 0 Å². The SMILES string of the molecule is NCCC[C@H](N)C(=O)[O-].[K+]. The molecule has 0 aliphatic carbocycles. The quantitative estimate of drug-likeness (QED) is 0.413. The molecule has 0 aromatic heterocycles. The molecule has 0 aromatic rings. The van der Waals surface area contributed by atoms with Crippen LogP contribution in [0.1, 0.15) is 12.8 Å². The average Bonchev–Trinajstić information content (AvgIpc) is 1.82. The van der Waals surface area contributed by atoms with Gasteiger partial charge in [-0.1, -0.05) is 0 Å². The Morgan fingerprint density at radius 2 is 2.10 bits per heavy atom. The summed E-state index contributed by atoms with van der Waals surface area (Å²) in [6.07, 6.45) is 1.04. The Morgan fingerprint density at radius 3 is 2.40 bits per heavy atom. The number of rotatable bonds is 4. The van der Waals surface area contributed by atoms with E-state index in [2.05, 4.69) is 0 Å². The number of aliphatic carboxylic acids is 1. The zero-order valence-corrected chi connectivity index (χ0v) is 9.29. The van der Waals surface area contributed by atoms with Crippen LogP contribution in [0.4, 0.5) is 0 Å².